The number of rotatable bonds is 2. The van der Waals surface area contributed by atoms with Crippen LogP contribution >= 0.6 is 0 Å². The van der Waals surface area contributed by atoms with E-state index in [1.165, 1.54) is 0 Å². The Kier molecular flexibility index (Phi) is 2.93. The summed E-state index contributed by atoms with van der Waals surface area (Å²) in [5, 5.41) is 8.54. The van der Waals surface area contributed by atoms with Gasteiger partial charge in [0.05, 0.1) is 0 Å². The van der Waals surface area contributed by atoms with E-state index in [0.717, 1.165) is 11.1 Å². The molecule has 4 heteroatoms. The molecule has 0 spiro atoms. The van der Waals surface area contributed by atoms with Crippen LogP contribution in [-0.4, -0.2) is 16.1 Å². The Morgan fingerprint density at radius 2 is 2.00 bits per heavy atom. The third-order valence-electron chi connectivity index (χ3n) is 2.22. The van der Waals surface area contributed by atoms with Crippen LogP contribution in [0.3, 0.4) is 0 Å². The maximum absolute atomic E-state index is 11.2. The molecule has 0 bridgehead atoms. The zero-order valence-corrected chi connectivity index (χ0v) is 8.42. The lowest BCUT2D eigenvalue weighted by molar-refractivity contribution is 0.0706. The van der Waals surface area contributed by atoms with Crippen LogP contribution in [0.2, 0.25) is 0 Å². The number of carbonyl (C=O) groups excluding carboxylic acids is 1. The lowest BCUT2D eigenvalue weighted by Crippen LogP contribution is -2.18. The first-order valence-electron chi connectivity index (χ1n) is 4.76. The summed E-state index contributed by atoms with van der Waals surface area (Å²) in [4.78, 5) is 15.2. The Hall–Kier alpha value is -2.20. The Labute approximate surface area is 92.5 Å². The molecule has 2 rings (SSSR count). The third kappa shape index (κ3) is 2.07. The van der Waals surface area contributed by atoms with Gasteiger partial charge in [0.25, 0.3) is 5.91 Å². The zero-order chi connectivity index (χ0) is 11.4. The van der Waals surface area contributed by atoms with Crippen molar-refractivity contribution in [2.24, 2.45) is 0 Å². The predicted octanol–water partition coefficient (Wildman–Crippen LogP) is 1.87. The second-order valence-corrected chi connectivity index (χ2v) is 3.26. The maximum Gasteiger partial charge on any atom is 0.274 e. The van der Waals surface area contributed by atoms with Crippen molar-refractivity contribution in [1.29, 1.82) is 0 Å². The summed E-state index contributed by atoms with van der Waals surface area (Å²) < 4.78 is 0. The van der Waals surface area contributed by atoms with Crippen LogP contribution in [0.1, 0.15) is 10.4 Å². The number of amides is 1. The fourth-order valence-corrected chi connectivity index (χ4v) is 1.44. The van der Waals surface area contributed by atoms with E-state index in [0.29, 0.717) is 5.56 Å². The fraction of sp³-hybridized carbons (Fsp3) is 0. The van der Waals surface area contributed by atoms with Gasteiger partial charge in [-0.3, -0.25) is 15.0 Å². The number of nitrogens with zero attached hydrogens (tertiary/aromatic N) is 1. The van der Waals surface area contributed by atoms with Gasteiger partial charge in [-0.2, -0.15) is 0 Å². The minimum absolute atomic E-state index is 0.406. The monoisotopic (exact) mass is 214 g/mol. The van der Waals surface area contributed by atoms with E-state index in [2.05, 4.69) is 4.98 Å². The van der Waals surface area contributed by atoms with Crippen molar-refractivity contribution >= 4 is 5.91 Å². The van der Waals surface area contributed by atoms with Gasteiger partial charge in [-0.15, -0.1) is 0 Å². The number of aromatic nitrogens is 1. The highest BCUT2D eigenvalue weighted by Gasteiger charge is 2.05. The lowest BCUT2D eigenvalue weighted by Gasteiger charge is -2.03. The molecule has 0 aliphatic carbocycles. The maximum atomic E-state index is 11.2. The van der Waals surface area contributed by atoms with E-state index in [9.17, 15) is 4.79 Å². The summed E-state index contributed by atoms with van der Waals surface area (Å²) in [7, 11) is 0. The average molecular weight is 214 g/mol. The van der Waals surface area contributed by atoms with Crippen LogP contribution in [0.4, 0.5) is 0 Å². The third-order valence-corrected chi connectivity index (χ3v) is 2.22. The summed E-state index contributed by atoms with van der Waals surface area (Å²) in [5.74, 6) is -0.522. The molecule has 2 N–H and O–H groups in total. The van der Waals surface area contributed by atoms with Gasteiger partial charge in [0.15, 0.2) is 0 Å². The van der Waals surface area contributed by atoms with Crippen LogP contribution in [0.15, 0.2) is 48.8 Å². The van der Waals surface area contributed by atoms with E-state index < -0.39 is 5.91 Å². The van der Waals surface area contributed by atoms with Gasteiger partial charge in [0, 0.05) is 23.5 Å². The molecule has 1 amide bonds. The van der Waals surface area contributed by atoms with Crippen LogP contribution < -0.4 is 5.48 Å². The predicted molar refractivity (Wildman–Crippen MR) is 58.9 cm³/mol. The number of nitrogens with one attached hydrogen (secondary N) is 1. The number of hydroxylamine groups is 1. The molecule has 0 fully saturated rings. The van der Waals surface area contributed by atoms with Gasteiger partial charge in [-0.25, -0.2) is 5.48 Å². The fourth-order valence-electron chi connectivity index (χ4n) is 1.44. The summed E-state index contributed by atoms with van der Waals surface area (Å²) in [6, 6.07) is 10.7. The van der Waals surface area contributed by atoms with Gasteiger partial charge in [-0.1, -0.05) is 18.2 Å². The largest absolute Gasteiger partial charge is 0.288 e. The molecule has 1 aromatic carbocycles. The van der Waals surface area contributed by atoms with Gasteiger partial charge >= 0.3 is 0 Å². The molecule has 0 radical (unpaired) electrons. The molecule has 16 heavy (non-hydrogen) atoms. The second kappa shape index (κ2) is 4.55. The number of pyridine rings is 1. The van der Waals surface area contributed by atoms with E-state index in [1.54, 1.807) is 36.1 Å². The molecule has 0 aliphatic rings. The Balaban J connectivity index is 2.40. The van der Waals surface area contributed by atoms with Crippen molar-refractivity contribution in [3.05, 3.63) is 54.4 Å². The smallest absolute Gasteiger partial charge is 0.274 e. The van der Waals surface area contributed by atoms with Gasteiger partial charge < -0.3 is 0 Å². The first-order valence-corrected chi connectivity index (χ1v) is 4.76. The van der Waals surface area contributed by atoms with E-state index in [1.807, 2.05) is 18.2 Å². The second-order valence-electron chi connectivity index (χ2n) is 3.26. The number of benzene rings is 1. The molecule has 2 aromatic rings. The molecular weight excluding hydrogens is 204 g/mol. The van der Waals surface area contributed by atoms with Crippen LogP contribution in [0.25, 0.3) is 11.1 Å². The first-order chi connectivity index (χ1) is 7.81. The van der Waals surface area contributed by atoms with Gasteiger partial charge in [0.2, 0.25) is 0 Å². The van der Waals surface area contributed by atoms with Crippen LogP contribution in [0, 0.1) is 0 Å². The molecule has 0 unspecified atom stereocenters. The highest BCUT2D eigenvalue weighted by molar-refractivity contribution is 5.94. The molecule has 0 atom stereocenters. The Morgan fingerprint density at radius 1 is 1.19 bits per heavy atom. The Bertz CT molecular complexity index is 497. The van der Waals surface area contributed by atoms with E-state index in [4.69, 9.17) is 5.21 Å². The molecule has 1 heterocycles. The summed E-state index contributed by atoms with van der Waals surface area (Å²) in [6.07, 6.45) is 3.41. The van der Waals surface area contributed by atoms with Crippen molar-refractivity contribution < 1.29 is 10.0 Å². The van der Waals surface area contributed by atoms with Crippen molar-refractivity contribution in [2.45, 2.75) is 0 Å². The van der Waals surface area contributed by atoms with Crippen molar-refractivity contribution in [3.63, 3.8) is 0 Å². The molecule has 1 aromatic heterocycles. The quantitative estimate of drug-likeness (QED) is 0.592. The van der Waals surface area contributed by atoms with Gasteiger partial charge in [-0.05, 0) is 23.8 Å². The highest BCUT2D eigenvalue weighted by atomic mass is 16.5. The number of hydrogen-bond acceptors (Lipinski definition) is 3. The molecule has 0 saturated heterocycles. The van der Waals surface area contributed by atoms with Crippen LogP contribution in [-0.2, 0) is 0 Å². The number of hydrogen-bond donors (Lipinski definition) is 2. The normalized spacial score (nSPS) is 9.81. The average Bonchev–Trinajstić information content (AvgIpc) is 2.39. The molecular formula is C12H10N2O2. The zero-order valence-electron chi connectivity index (χ0n) is 8.42. The minimum atomic E-state index is -0.522. The summed E-state index contributed by atoms with van der Waals surface area (Å²) in [5.41, 5.74) is 3.82. The van der Waals surface area contributed by atoms with Crippen molar-refractivity contribution in [1.82, 2.24) is 10.5 Å². The molecule has 80 valence electrons. The van der Waals surface area contributed by atoms with Gasteiger partial charge in [0.1, 0.15) is 0 Å². The molecule has 0 saturated carbocycles. The van der Waals surface area contributed by atoms with Crippen molar-refractivity contribution in [2.75, 3.05) is 0 Å². The molecule has 0 aliphatic heterocycles. The van der Waals surface area contributed by atoms with Crippen LogP contribution in [0.5, 0.6) is 0 Å². The SMILES string of the molecule is O=C(NO)c1cccc(-c2cccnc2)c1. The topological polar surface area (TPSA) is 62.2 Å². The Morgan fingerprint density at radius 3 is 2.69 bits per heavy atom. The summed E-state index contributed by atoms with van der Waals surface area (Å²) >= 11 is 0. The number of carbonyl (C=O) groups is 1. The first kappa shape index (κ1) is 10.3. The highest BCUT2D eigenvalue weighted by Crippen LogP contribution is 2.18. The van der Waals surface area contributed by atoms with Crippen molar-refractivity contribution in [3.8, 4) is 11.1 Å². The summed E-state index contributed by atoms with van der Waals surface area (Å²) in [6.45, 7) is 0. The van der Waals surface area contributed by atoms with E-state index in [-0.39, 0.29) is 0 Å². The minimum Gasteiger partial charge on any atom is -0.288 e. The van der Waals surface area contributed by atoms with E-state index >= 15 is 0 Å². The standard InChI is InChI=1S/C12H10N2O2/c15-12(14-16)10-4-1-3-9(7-10)11-5-2-6-13-8-11/h1-8,16H,(H,14,15). The molecule has 4 nitrogen and oxygen atoms in total. The lowest BCUT2D eigenvalue weighted by atomic mass is 10.0.